The maximum atomic E-state index is 10.9. The van der Waals surface area contributed by atoms with Crippen LogP contribution in [-0.2, 0) is 4.79 Å². The molecule has 0 aliphatic rings. The fourth-order valence-corrected chi connectivity index (χ4v) is 1.16. The van der Waals surface area contributed by atoms with Crippen LogP contribution in [0.25, 0.3) is 0 Å². The van der Waals surface area contributed by atoms with Gasteiger partial charge < -0.3 is 9.64 Å². The van der Waals surface area contributed by atoms with Crippen LogP contribution in [-0.4, -0.2) is 31.0 Å². The molecule has 82 valence electrons. The van der Waals surface area contributed by atoms with Gasteiger partial charge >= 0.3 is 0 Å². The summed E-state index contributed by atoms with van der Waals surface area (Å²) >= 11 is 0. The summed E-state index contributed by atoms with van der Waals surface area (Å²) in [6.45, 7) is 4.71. The summed E-state index contributed by atoms with van der Waals surface area (Å²) in [6, 6.07) is 7.88. The molecule has 0 spiro atoms. The first kappa shape index (κ1) is 11.6. The molecule has 0 unspecified atom stereocenters. The fraction of sp³-hybridized carbons (Fsp3) is 0.417. The van der Waals surface area contributed by atoms with Crippen molar-refractivity contribution in [1.82, 2.24) is 4.90 Å². The Hall–Kier alpha value is -1.51. The lowest BCUT2D eigenvalue weighted by Gasteiger charge is -2.15. The third-order valence-electron chi connectivity index (χ3n) is 2.22. The van der Waals surface area contributed by atoms with Gasteiger partial charge in [-0.2, -0.15) is 0 Å². The highest BCUT2D eigenvalue weighted by atomic mass is 16.5. The molecule has 15 heavy (non-hydrogen) atoms. The van der Waals surface area contributed by atoms with Crippen LogP contribution in [0.1, 0.15) is 12.5 Å². The number of nitrogens with zero attached hydrogens (tertiary/aromatic N) is 1. The second-order valence-corrected chi connectivity index (χ2v) is 3.61. The molecule has 1 aromatic rings. The number of aryl methyl sites for hydroxylation is 1. The van der Waals surface area contributed by atoms with E-state index in [2.05, 4.69) is 0 Å². The van der Waals surface area contributed by atoms with Gasteiger partial charge in [0.15, 0.2) is 0 Å². The fourth-order valence-electron chi connectivity index (χ4n) is 1.16. The minimum atomic E-state index is 0.0582. The zero-order chi connectivity index (χ0) is 11.3. The number of benzene rings is 1. The van der Waals surface area contributed by atoms with Gasteiger partial charge in [-0.15, -0.1) is 0 Å². The highest BCUT2D eigenvalue weighted by Crippen LogP contribution is 2.11. The SMILES string of the molecule is CC(=O)N(C)CCOc1cccc(C)c1. The molecule has 1 amide bonds. The minimum absolute atomic E-state index is 0.0582. The van der Waals surface area contributed by atoms with Crippen molar-refractivity contribution in [3.05, 3.63) is 29.8 Å². The van der Waals surface area contributed by atoms with Crippen molar-refractivity contribution in [3.63, 3.8) is 0 Å². The maximum absolute atomic E-state index is 10.9. The van der Waals surface area contributed by atoms with E-state index in [0.29, 0.717) is 13.2 Å². The monoisotopic (exact) mass is 207 g/mol. The summed E-state index contributed by atoms with van der Waals surface area (Å²) < 4.78 is 5.51. The predicted molar refractivity (Wildman–Crippen MR) is 60.0 cm³/mol. The lowest BCUT2D eigenvalue weighted by atomic mass is 10.2. The van der Waals surface area contributed by atoms with E-state index < -0.39 is 0 Å². The number of hydrogen-bond donors (Lipinski definition) is 0. The molecule has 0 N–H and O–H groups in total. The van der Waals surface area contributed by atoms with E-state index >= 15 is 0 Å². The first-order chi connectivity index (χ1) is 7.09. The number of ether oxygens (including phenoxy) is 1. The van der Waals surface area contributed by atoms with Gasteiger partial charge in [0.05, 0.1) is 6.54 Å². The number of carbonyl (C=O) groups is 1. The van der Waals surface area contributed by atoms with Crippen LogP contribution in [0.15, 0.2) is 24.3 Å². The van der Waals surface area contributed by atoms with Gasteiger partial charge in [0.25, 0.3) is 0 Å². The predicted octanol–water partition coefficient (Wildman–Crippen LogP) is 1.85. The van der Waals surface area contributed by atoms with Gasteiger partial charge in [0, 0.05) is 14.0 Å². The molecule has 0 fully saturated rings. The number of amides is 1. The second-order valence-electron chi connectivity index (χ2n) is 3.61. The smallest absolute Gasteiger partial charge is 0.219 e. The number of likely N-dealkylation sites (N-methyl/N-ethyl adjacent to an activating group) is 1. The molecule has 0 aromatic heterocycles. The summed E-state index contributed by atoms with van der Waals surface area (Å²) in [4.78, 5) is 12.5. The molecule has 0 radical (unpaired) electrons. The number of rotatable bonds is 4. The third kappa shape index (κ3) is 4.02. The average molecular weight is 207 g/mol. The zero-order valence-corrected chi connectivity index (χ0v) is 9.49. The Bertz CT molecular complexity index is 336. The molecule has 1 rings (SSSR count). The normalized spacial score (nSPS) is 9.80. The average Bonchev–Trinajstić information content (AvgIpc) is 2.17. The Morgan fingerprint density at radius 2 is 2.20 bits per heavy atom. The van der Waals surface area contributed by atoms with Crippen LogP contribution in [0.3, 0.4) is 0 Å². The van der Waals surface area contributed by atoms with Crippen molar-refractivity contribution in [2.45, 2.75) is 13.8 Å². The van der Waals surface area contributed by atoms with Gasteiger partial charge in [0.1, 0.15) is 12.4 Å². The first-order valence-electron chi connectivity index (χ1n) is 5.01. The Labute approximate surface area is 90.7 Å². The van der Waals surface area contributed by atoms with E-state index in [1.807, 2.05) is 31.2 Å². The van der Waals surface area contributed by atoms with Crippen molar-refractivity contribution in [3.8, 4) is 5.75 Å². The molecule has 0 aliphatic carbocycles. The van der Waals surface area contributed by atoms with Crippen LogP contribution >= 0.6 is 0 Å². The Morgan fingerprint density at radius 3 is 2.80 bits per heavy atom. The number of carbonyl (C=O) groups excluding carboxylic acids is 1. The lowest BCUT2D eigenvalue weighted by molar-refractivity contribution is -0.127. The van der Waals surface area contributed by atoms with E-state index in [9.17, 15) is 4.79 Å². The van der Waals surface area contributed by atoms with Crippen molar-refractivity contribution in [1.29, 1.82) is 0 Å². The molecule has 0 saturated heterocycles. The largest absolute Gasteiger partial charge is 0.492 e. The van der Waals surface area contributed by atoms with E-state index in [1.54, 1.807) is 18.9 Å². The van der Waals surface area contributed by atoms with Crippen LogP contribution in [0.2, 0.25) is 0 Å². The van der Waals surface area contributed by atoms with Gasteiger partial charge in [0.2, 0.25) is 5.91 Å². The zero-order valence-electron chi connectivity index (χ0n) is 9.49. The number of hydrogen-bond acceptors (Lipinski definition) is 2. The highest BCUT2D eigenvalue weighted by molar-refractivity contribution is 5.72. The molecule has 0 atom stereocenters. The molecular weight excluding hydrogens is 190 g/mol. The first-order valence-corrected chi connectivity index (χ1v) is 5.01. The molecule has 1 aromatic carbocycles. The molecule has 3 heteroatoms. The van der Waals surface area contributed by atoms with Gasteiger partial charge in [-0.3, -0.25) is 4.79 Å². The van der Waals surface area contributed by atoms with Gasteiger partial charge in [-0.25, -0.2) is 0 Å². The van der Waals surface area contributed by atoms with Crippen molar-refractivity contribution in [2.24, 2.45) is 0 Å². The summed E-state index contributed by atoms with van der Waals surface area (Å²) in [7, 11) is 1.77. The molecule has 0 heterocycles. The van der Waals surface area contributed by atoms with Crippen LogP contribution in [0, 0.1) is 6.92 Å². The third-order valence-corrected chi connectivity index (χ3v) is 2.22. The van der Waals surface area contributed by atoms with E-state index in [-0.39, 0.29) is 5.91 Å². The maximum Gasteiger partial charge on any atom is 0.219 e. The minimum Gasteiger partial charge on any atom is -0.492 e. The summed E-state index contributed by atoms with van der Waals surface area (Å²) in [5.74, 6) is 0.912. The Morgan fingerprint density at radius 1 is 1.47 bits per heavy atom. The van der Waals surface area contributed by atoms with E-state index in [1.165, 1.54) is 5.56 Å². The molecule has 0 aliphatic heterocycles. The van der Waals surface area contributed by atoms with Crippen LogP contribution in [0.5, 0.6) is 5.75 Å². The van der Waals surface area contributed by atoms with Crippen molar-refractivity contribution >= 4 is 5.91 Å². The van der Waals surface area contributed by atoms with Crippen molar-refractivity contribution in [2.75, 3.05) is 20.2 Å². The summed E-state index contributed by atoms with van der Waals surface area (Å²) in [5.41, 5.74) is 1.17. The molecule has 0 saturated carbocycles. The lowest BCUT2D eigenvalue weighted by Crippen LogP contribution is -2.28. The second kappa shape index (κ2) is 5.39. The summed E-state index contributed by atoms with van der Waals surface area (Å²) in [6.07, 6.45) is 0. The van der Waals surface area contributed by atoms with Crippen LogP contribution < -0.4 is 4.74 Å². The Kier molecular flexibility index (Phi) is 4.16. The summed E-state index contributed by atoms with van der Waals surface area (Å²) in [5, 5.41) is 0. The van der Waals surface area contributed by atoms with Crippen LogP contribution in [0.4, 0.5) is 0 Å². The van der Waals surface area contributed by atoms with Gasteiger partial charge in [-0.1, -0.05) is 12.1 Å². The molecular formula is C12H17NO2. The molecule has 0 bridgehead atoms. The Balaban J connectivity index is 2.35. The van der Waals surface area contributed by atoms with Gasteiger partial charge in [-0.05, 0) is 24.6 Å². The highest BCUT2D eigenvalue weighted by Gasteiger charge is 2.01. The van der Waals surface area contributed by atoms with E-state index in [4.69, 9.17) is 4.74 Å². The standard InChI is InChI=1S/C12H17NO2/c1-10-5-4-6-12(9-10)15-8-7-13(3)11(2)14/h4-6,9H,7-8H2,1-3H3. The quantitative estimate of drug-likeness (QED) is 0.754. The van der Waals surface area contributed by atoms with E-state index in [0.717, 1.165) is 5.75 Å². The molecule has 3 nitrogen and oxygen atoms in total. The topological polar surface area (TPSA) is 29.5 Å². The van der Waals surface area contributed by atoms with Crippen molar-refractivity contribution < 1.29 is 9.53 Å².